The molecule has 0 saturated carbocycles. The van der Waals surface area contributed by atoms with E-state index in [1.165, 1.54) is 21.1 Å². The number of esters is 2. The lowest BCUT2D eigenvalue weighted by Crippen LogP contribution is -2.47. The molecule has 0 spiro atoms. The number of hydrogen-bond acceptors (Lipinski definition) is 7. The van der Waals surface area contributed by atoms with Crippen molar-refractivity contribution in [3.63, 3.8) is 0 Å². The summed E-state index contributed by atoms with van der Waals surface area (Å²) in [6.45, 7) is 3.94. The Morgan fingerprint density at radius 2 is 1.63 bits per heavy atom. The minimum absolute atomic E-state index is 0.0248. The second kappa shape index (κ2) is 8.07. The van der Waals surface area contributed by atoms with Crippen LogP contribution in [-0.2, 0) is 29.5 Å². The fourth-order valence-corrected chi connectivity index (χ4v) is 2.97. The van der Waals surface area contributed by atoms with Crippen molar-refractivity contribution in [3.8, 4) is 11.5 Å². The van der Waals surface area contributed by atoms with Crippen LogP contribution in [0.5, 0.6) is 11.5 Å². The number of carbonyl (C=O) groups is 3. The molecule has 2 aromatic rings. The fraction of sp³-hybridized carbons (Fsp3) is 0.350. The predicted octanol–water partition coefficient (Wildman–Crippen LogP) is 2.77. The van der Waals surface area contributed by atoms with Gasteiger partial charge >= 0.3 is 11.9 Å². The van der Waals surface area contributed by atoms with Crippen LogP contribution in [0.25, 0.3) is 10.8 Å². The molecule has 0 heterocycles. The van der Waals surface area contributed by atoms with Crippen molar-refractivity contribution < 1.29 is 33.3 Å². The zero-order valence-corrected chi connectivity index (χ0v) is 16.0. The molecule has 0 aliphatic heterocycles. The Morgan fingerprint density at radius 3 is 2.15 bits per heavy atom. The van der Waals surface area contributed by atoms with E-state index in [2.05, 4.69) is 0 Å². The van der Waals surface area contributed by atoms with Gasteiger partial charge in [-0.05, 0) is 36.8 Å². The van der Waals surface area contributed by atoms with Crippen molar-refractivity contribution in [2.75, 3.05) is 20.8 Å². The minimum atomic E-state index is -2.21. The normalized spacial score (nSPS) is 12.8. The molecule has 7 heteroatoms. The van der Waals surface area contributed by atoms with Crippen LogP contribution in [0, 0.1) is 0 Å². The van der Waals surface area contributed by atoms with Crippen LogP contribution in [-0.4, -0.2) is 38.5 Å². The largest absolute Gasteiger partial charge is 0.493 e. The molecule has 0 amide bonds. The zero-order chi connectivity index (χ0) is 20.2. The van der Waals surface area contributed by atoms with Gasteiger partial charge in [0.05, 0.1) is 20.8 Å². The monoisotopic (exact) mass is 374 g/mol. The summed E-state index contributed by atoms with van der Waals surface area (Å²) in [4.78, 5) is 37.2. The minimum Gasteiger partial charge on any atom is -0.493 e. The lowest BCUT2D eigenvalue weighted by molar-refractivity contribution is -0.185. The van der Waals surface area contributed by atoms with E-state index in [-0.39, 0.29) is 12.2 Å². The van der Waals surface area contributed by atoms with Gasteiger partial charge in [-0.1, -0.05) is 18.2 Å². The molecule has 0 radical (unpaired) electrons. The SMILES string of the molecule is CCOC(=O)C(OC(C)=O)(C(C)=O)c1cccc2cc(OC)c(OC)cc12. The van der Waals surface area contributed by atoms with Gasteiger partial charge in [-0.15, -0.1) is 0 Å². The molecule has 0 bridgehead atoms. The first-order chi connectivity index (χ1) is 12.8. The number of ether oxygens (including phenoxy) is 4. The number of ketones is 1. The molecular weight excluding hydrogens is 352 g/mol. The van der Waals surface area contributed by atoms with Gasteiger partial charge in [-0.25, -0.2) is 4.79 Å². The summed E-state index contributed by atoms with van der Waals surface area (Å²) in [5.41, 5.74) is -2.01. The van der Waals surface area contributed by atoms with Crippen LogP contribution in [0.1, 0.15) is 26.3 Å². The van der Waals surface area contributed by atoms with Gasteiger partial charge in [0.15, 0.2) is 17.3 Å². The van der Waals surface area contributed by atoms with Crippen molar-refractivity contribution in [3.05, 3.63) is 35.9 Å². The van der Waals surface area contributed by atoms with E-state index in [4.69, 9.17) is 18.9 Å². The number of methoxy groups -OCH3 is 2. The van der Waals surface area contributed by atoms with Gasteiger partial charge in [-0.2, -0.15) is 0 Å². The third kappa shape index (κ3) is 3.58. The number of Topliss-reactive ketones (excluding diaryl/α,β-unsaturated/α-hetero) is 1. The summed E-state index contributed by atoms with van der Waals surface area (Å²) in [7, 11) is 2.98. The molecule has 0 fully saturated rings. The third-order valence-electron chi connectivity index (χ3n) is 4.12. The Morgan fingerprint density at radius 1 is 1.00 bits per heavy atom. The molecule has 144 valence electrons. The summed E-state index contributed by atoms with van der Waals surface area (Å²) >= 11 is 0. The average Bonchev–Trinajstić information content (AvgIpc) is 2.64. The van der Waals surface area contributed by atoms with Crippen LogP contribution in [0.2, 0.25) is 0 Å². The first-order valence-electron chi connectivity index (χ1n) is 8.34. The zero-order valence-electron chi connectivity index (χ0n) is 16.0. The van der Waals surface area contributed by atoms with E-state index >= 15 is 0 Å². The first-order valence-corrected chi connectivity index (χ1v) is 8.34. The predicted molar refractivity (Wildman–Crippen MR) is 97.8 cm³/mol. The lowest BCUT2D eigenvalue weighted by atomic mass is 9.85. The maximum absolute atomic E-state index is 12.8. The highest BCUT2D eigenvalue weighted by atomic mass is 16.6. The Labute approximate surface area is 157 Å². The maximum Gasteiger partial charge on any atom is 0.363 e. The van der Waals surface area contributed by atoms with Crippen molar-refractivity contribution in [1.29, 1.82) is 0 Å². The number of benzene rings is 2. The van der Waals surface area contributed by atoms with Crippen molar-refractivity contribution in [2.45, 2.75) is 26.4 Å². The van der Waals surface area contributed by atoms with E-state index in [0.29, 0.717) is 22.3 Å². The molecule has 0 N–H and O–H groups in total. The summed E-state index contributed by atoms with van der Waals surface area (Å²) < 4.78 is 21.0. The standard InChI is InChI=1S/C20H22O7/c1-6-26-19(23)20(12(2)21,27-13(3)22)16-9-7-8-14-10-17(24-4)18(25-5)11-15(14)16/h7-11H,6H2,1-5H3. The van der Waals surface area contributed by atoms with Gasteiger partial charge in [0.25, 0.3) is 5.60 Å². The van der Waals surface area contributed by atoms with E-state index in [9.17, 15) is 14.4 Å². The molecule has 1 atom stereocenters. The fourth-order valence-electron chi connectivity index (χ4n) is 2.97. The molecule has 0 saturated heterocycles. The van der Waals surface area contributed by atoms with Gasteiger partial charge in [0, 0.05) is 12.5 Å². The second-order valence-electron chi connectivity index (χ2n) is 5.79. The van der Waals surface area contributed by atoms with Crippen LogP contribution >= 0.6 is 0 Å². The smallest absolute Gasteiger partial charge is 0.363 e. The molecule has 0 aliphatic rings. The molecule has 1 unspecified atom stereocenters. The number of rotatable bonds is 7. The Hall–Kier alpha value is -3.09. The van der Waals surface area contributed by atoms with Crippen LogP contribution in [0.3, 0.4) is 0 Å². The summed E-state index contributed by atoms with van der Waals surface area (Å²) in [5.74, 6) is -1.51. The Kier molecular flexibility index (Phi) is 6.05. The molecule has 7 nitrogen and oxygen atoms in total. The quantitative estimate of drug-likeness (QED) is 0.544. The molecule has 2 rings (SSSR count). The summed E-state index contributed by atoms with van der Waals surface area (Å²) in [6, 6.07) is 8.33. The lowest BCUT2D eigenvalue weighted by Gasteiger charge is -2.29. The van der Waals surface area contributed by atoms with Gasteiger partial charge in [0.1, 0.15) is 0 Å². The molecule has 27 heavy (non-hydrogen) atoms. The van der Waals surface area contributed by atoms with E-state index in [1.807, 2.05) is 0 Å². The maximum atomic E-state index is 12.8. The van der Waals surface area contributed by atoms with E-state index < -0.39 is 23.3 Å². The van der Waals surface area contributed by atoms with E-state index in [0.717, 1.165) is 6.92 Å². The van der Waals surface area contributed by atoms with Gasteiger partial charge in [-0.3, -0.25) is 9.59 Å². The van der Waals surface area contributed by atoms with Crippen LogP contribution in [0.4, 0.5) is 0 Å². The molecule has 0 aromatic heterocycles. The molecule has 0 aliphatic carbocycles. The molecular formula is C20H22O7. The summed E-state index contributed by atoms with van der Waals surface area (Å²) in [6.07, 6.45) is 0. The van der Waals surface area contributed by atoms with Gasteiger partial charge < -0.3 is 18.9 Å². The van der Waals surface area contributed by atoms with Gasteiger partial charge in [0.2, 0.25) is 0 Å². The van der Waals surface area contributed by atoms with Crippen molar-refractivity contribution in [1.82, 2.24) is 0 Å². The highest BCUT2D eigenvalue weighted by Gasteiger charge is 2.51. The number of hydrogen-bond donors (Lipinski definition) is 0. The van der Waals surface area contributed by atoms with Crippen molar-refractivity contribution >= 4 is 28.5 Å². The van der Waals surface area contributed by atoms with E-state index in [1.54, 1.807) is 37.3 Å². The van der Waals surface area contributed by atoms with Crippen molar-refractivity contribution in [2.24, 2.45) is 0 Å². The highest BCUT2D eigenvalue weighted by molar-refractivity contribution is 6.11. The molecule has 2 aromatic carbocycles. The first kappa shape index (κ1) is 20.2. The average molecular weight is 374 g/mol. The number of fused-ring (bicyclic) bond motifs is 1. The second-order valence-corrected chi connectivity index (χ2v) is 5.79. The topological polar surface area (TPSA) is 88.1 Å². The summed E-state index contributed by atoms with van der Waals surface area (Å²) in [5, 5.41) is 1.17. The Bertz CT molecular complexity index is 887. The van der Waals surface area contributed by atoms with Crippen LogP contribution < -0.4 is 9.47 Å². The third-order valence-corrected chi connectivity index (χ3v) is 4.12. The highest BCUT2D eigenvalue weighted by Crippen LogP contribution is 2.39. The van der Waals surface area contributed by atoms with Crippen LogP contribution in [0.15, 0.2) is 30.3 Å². The number of carbonyl (C=O) groups excluding carboxylic acids is 3. The Balaban J connectivity index is 2.89.